The summed E-state index contributed by atoms with van der Waals surface area (Å²) in [6.07, 6.45) is 0. The van der Waals surface area contributed by atoms with Crippen LogP contribution in [0.1, 0.15) is 11.1 Å². The highest BCUT2D eigenvalue weighted by Gasteiger charge is 2.12. The molecule has 0 aliphatic heterocycles. The van der Waals surface area contributed by atoms with Gasteiger partial charge < -0.3 is 0 Å². The first-order valence-corrected chi connectivity index (χ1v) is 9.54. The molecular formula is C23H20N2S. The van der Waals surface area contributed by atoms with E-state index in [4.69, 9.17) is 4.99 Å². The molecule has 0 spiro atoms. The van der Waals surface area contributed by atoms with Crippen LogP contribution in [0, 0.1) is 13.8 Å². The Morgan fingerprint density at radius 3 is 2.19 bits per heavy atom. The summed E-state index contributed by atoms with van der Waals surface area (Å²) in [4.78, 5) is 5.86. The van der Waals surface area contributed by atoms with Crippen LogP contribution in [0.25, 0.3) is 16.9 Å². The third-order valence-corrected chi connectivity index (χ3v) is 5.19. The second kappa shape index (κ2) is 7.14. The van der Waals surface area contributed by atoms with Crippen molar-refractivity contribution in [3.63, 3.8) is 0 Å². The van der Waals surface area contributed by atoms with Crippen molar-refractivity contribution in [2.24, 2.45) is 4.99 Å². The average molecular weight is 356 g/mol. The first-order valence-electron chi connectivity index (χ1n) is 8.66. The van der Waals surface area contributed by atoms with Crippen molar-refractivity contribution in [3.8, 4) is 16.9 Å². The average Bonchev–Trinajstić information content (AvgIpc) is 3.06. The predicted octanol–water partition coefficient (Wildman–Crippen LogP) is 6.06. The molecule has 0 saturated carbocycles. The highest BCUT2D eigenvalue weighted by molar-refractivity contribution is 7.07. The minimum absolute atomic E-state index is 0.964. The van der Waals surface area contributed by atoms with E-state index in [1.54, 1.807) is 11.3 Å². The van der Waals surface area contributed by atoms with Gasteiger partial charge in [-0.15, -0.1) is 11.3 Å². The molecule has 2 nitrogen and oxygen atoms in total. The predicted molar refractivity (Wildman–Crippen MR) is 110 cm³/mol. The number of aryl methyl sites for hydroxylation is 2. The largest absolute Gasteiger partial charge is 0.285 e. The molecule has 0 aliphatic rings. The summed E-state index contributed by atoms with van der Waals surface area (Å²) < 4.78 is 2.25. The lowest BCUT2D eigenvalue weighted by Crippen LogP contribution is -2.13. The Kier molecular flexibility index (Phi) is 4.55. The second-order valence-electron chi connectivity index (χ2n) is 6.34. The van der Waals surface area contributed by atoms with Crippen LogP contribution in [-0.4, -0.2) is 4.57 Å². The molecular weight excluding hydrogens is 336 g/mol. The van der Waals surface area contributed by atoms with Gasteiger partial charge in [0.1, 0.15) is 0 Å². The van der Waals surface area contributed by atoms with E-state index >= 15 is 0 Å². The number of hydrogen-bond acceptors (Lipinski definition) is 2. The smallest absolute Gasteiger partial charge is 0.195 e. The van der Waals surface area contributed by atoms with Gasteiger partial charge in [-0.2, -0.15) is 0 Å². The van der Waals surface area contributed by atoms with Gasteiger partial charge in [-0.25, -0.2) is 4.99 Å². The van der Waals surface area contributed by atoms with E-state index in [9.17, 15) is 0 Å². The lowest BCUT2D eigenvalue weighted by Gasteiger charge is -2.12. The molecule has 1 heterocycles. The van der Waals surface area contributed by atoms with Gasteiger partial charge in [0.25, 0.3) is 0 Å². The van der Waals surface area contributed by atoms with Crippen molar-refractivity contribution >= 4 is 17.0 Å². The maximum atomic E-state index is 4.89. The van der Waals surface area contributed by atoms with Crippen molar-refractivity contribution in [2.45, 2.75) is 13.8 Å². The number of hydrogen-bond donors (Lipinski definition) is 0. The zero-order valence-electron chi connectivity index (χ0n) is 14.9. The van der Waals surface area contributed by atoms with Crippen LogP contribution >= 0.6 is 11.3 Å². The highest BCUT2D eigenvalue weighted by atomic mass is 32.1. The molecule has 1 aromatic heterocycles. The summed E-state index contributed by atoms with van der Waals surface area (Å²) in [5, 5.41) is 2.20. The van der Waals surface area contributed by atoms with Gasteiger partial charge >= 0.3 is 0 Å². The van der Waals surface area contributed by atoms with E-state index < -0.39 is 0 Å². The Hall–Kier alpha value is -2.91. The van der Waals surface area contributed by atoms with Crippen LogP contribution < -0.4 is 4.80 Å². The van der Waals surface area contributed by atoms with Gasteiger partial charge in [-0.05, 0) is 43.7 Å². The van der Waals surface area contributed by atoms with Crippen molar-refractivity contribution < 1.29 is 0 Å². The molecule has 4 aromatic rings. The fourth-order valence-corrected chi connectivity index (χ4v) is 4.03. The minimum Gasteiger partial charge on any atom is -0.285 e. The van der Waals surface area contributed by atoms with E-state index in [1.807, 2.05) is 36.4 Å². The van der Waals surface area contributed by atoms with Crippen molar-refractivity contribution in [1.29, 1.82) is 0 Å². The molecule has 4 rings (SSSR count). The van der Waals surface area contributed by atoms with Gasteiger partial charge in [0, 0.05) is 16.6 Å². The van der Waals surface area contributed by atoms with Crippen LogP contribution in [0.5, 0.6) is 0 Å². The zero-order valence-corrected chi connectivity index (χ0v) is 15.7. The van der Waals surface area contributed by atoms with Gasteiger partial charge in [0.15, 0.2) is 4.80 Å². The third-order valence-electron chi connectivity index (χ3n) is 4.36. The van der Waals surface area contributed by atoms with Crippen LogP contribution in [0.3, 0.4) is 0 Å². The lowest BCUT2D eigenvalue weighted by atomic mass is 10.0. The topological polar surface area (TPSA) is 17.3 Å². The summed E-state index contributed by atoms with van der Waals surface area (Å²) in [5.41, 5.74) is 7.06. The van der Waals surface area contributed by atoms with Crippen molar-refractivity contribution in [2.75, 3.05) is 0 Å². The molecule has 0 radical (unpaired) electrons. The monoisotopic (exact) mass is 356 g/mol. The summed E-state index contributed by atoms with van der Waals surface area (Å²) in [7, 11) is 0. The van der Waals surface area contributed by atoms with Gasteiger partial charge in [-0.1, -0.05) is 60.2 Å². The summed E-state index contributed by atoms with van der Waals surface area (Å²) in [5.74, 6) is 0. The first kappa shape index (κ1) is 16.6. The van der Waals surface area contributed by atoms with Crippen molar-refractivity contribution in [3.05, 3.63) is 100 Å². The van der Waals surface area contributed by atoms with Gasteiger partial charge in [0.2, 0.25) is 0 Å². The molecule has 0 N–H and O–H groups in total. The van der Waals surface area contributed by atoms with Crippen LogP contribution in [0.15, 0.2) is 89.2 Å². The summed E-state index contributed by atoms with van der Waals surface area (Å²) >= 11 is 1.67. The highest BCUT2D eigenvalue weighted by Crippen LogP contribution is 2.27. The fraction of sp³-hybridized carbons (Fsp3) is 0.0870. The SMILES string of the molecule is Cc1ccc(-c2csc(=Nc3ccccc3)n2-c2ccccc2)c(C)c1. The third kappa shape index (κ3) is 3.26. The molecule has 0 unspecified atom stereocenters. The Morgan fingerprint density at radius 2 is 1.50 bits per heavy atom. The molecule has 0 saturated heterocycles. The lowest BCUT2D eigenvalue weighted by molar-refractivity contribution is 1.01. The molecule has 26 heavy (non-hydrogen) atoms. The fourth-order valence-electron chi connectivity index (χ4n) is 3.12. The van der Waals surface area contributed by atoms with Crippen molar-refractivity contribution in [1.82, 2.24) is 4.57 Å². The van der Waals surface area contributed by atoms with E-state index in [0.29, 0.717) is 0 Å². The molecule has 128 valence electrons. The number of thiazole rings is 1. The summed E-state index contributed by atoms with van der Waals surface area (Å²) in [6, 6.07) is 27.2. The van der Waals surface area contributed by atoms with Crippen LogP contribution in [-0.2, 0) is 0 Å². The number of nitrogens with zero attached hydrogens (tertiary/aromatic N) is 2. The number of benzene rings is 3. The molecule has 3 aromatic carbocycles. The van der Waals surface area contributed by atoms with E-state index in [2.05, 4.69) is 66.3 Å². The number of aromatic nitrogens is 1. The molecule has 0 aliphatic carbocycles. The van der Waals surface area contributed by atoms with E-state index in [-0.39, 0.29) is 0 Å². The normalized spacial score (nSPS) is 11.7. The Morgan fingerprint density at radius 1 is 0.808 bits per heavy atom. The molecule has 0 fully saturated rings. The van der Waals surface area contributed by atoms with Crippen LogP contribution in [0.4, 0.5) is 5.69 Å². The molecule has 0 atom stereocenters. The quantitative estimate of drug-likeness (QED) is 0.425. The number of para-hydroxylation sites is 2. The maximum absolute atomic E-state index is 4.89. The zero-order chi connectivity index (χ0) is 17.9. The summed E-state index contributed by atoms with van der Waals surface area (Å²) in [6.45, 7) is 4.30. The van der Waals surface area contributed by atoms with Gasteiger partial charge in [0.05, 0.1) is 11.4 Å². The van der Waals surface area contributed by atoms with Gasteiger partial charge in [-0.3, -0.25) is 4.57 Å². The Balaban J connectivity index is 1.98. The first-order chi connectivity index (χ1) is 12.7. The molecule has 0 amide bonds. The Labute approximate surface area is 157 Å². The van der Waals surface area contributed by atoms with Crippen LogP contribution in [0.2, 0.25) is 0 Å². The second-order valence-corrected chi connectivity index (χ2v) is 7.18. The standard InChI is InChI=1S/C23H20N2S/c1-17-13-14-21(18(2)15-17)22-16-26-23(24-19-9-5-3-6-10-19)25(22)20-11-7-4-8-12-20/h3-16H,1-2H3. The number of rotatable bonds is 3. The van der Waals surface area contributed by atoms with E-state index in [0.717, 1.165) is 16.2 Å². The van der Waals surface area contributed by atoms with E-state index in [1.165, 1.54) is 22.4 Å². The Bertz CT molecular complexity index is 1090. The molecule has 0 bridgehead atoms. The molecule has 3 heteroatoms. The maximum Gasteiger partial charge on any atom is 0.195 e. The minimum atomic E-state index is 0.964.